The van der Waals surface area contributed by atoms with Crippen molar-refractivity contribution in [1.29, 1.82) is 0 Å². The van der Waals surface area contributed by atoms with Crippen LogP contribution < -0.4 is 21.5 Å². The number of hydrogen-bond acceptors (Lipinski definition) is 5. The number of carbonyl (C=O) groups is 1. The highest BCUT2D eigenvalue weighted by atomic mass is 19.4. The number of carbonyl (C=O) groups excluding carboxylic acids is 1. The van der Waals surface area contributed by atoms with Gasteiger partial charge in [0.1, 0.15) is 5.82 Å². The number of hydrogen-bond donors (Lipinski definition) is 2. The number of amides is 1. The second-order valence-electron chi connectivity index (χ2n) is 9.46. The van der Waals surface area contributed by atoms with Crippen LogP contribution in [-0.4, -0.2) is 60.7 Å². The molecule has 7 nitrogen and oxygen atoms in total. The lowest BCUT2D eigenvalue weighted by molar-refractivity contribution is -0.138. The van der Waals surface area contributed by atoms with E-state index in [2.05, 4.69) is 10.2 Å². The van der Waals surface area contributed by atoms with Crippen LogP contribution in [0.5, 0.6) is 0 Å². The maximum absolute atomic E-state index is 15.5. The van der Waals surface area contributed by atoms with Crippen LogP contribution in [0.3, 0.4) is 0 Å². The van der Waals surface area contributed by atoms with Gasteiger partial charge in [0, 0.05) is 49.5 Å². The topological polar surface area (TPSA) is 83.6 Å². The number of halogens is 4. The third-order valence-electron chi connectivity index (χ3n) is 7.02. The maximum Gasteiger partial charge on any atom is 0.417 e. The number of nitrogens with one attached hydrogen (secondary N) is 1. The minimum absolute atomic E-state index is 0.0973. The SMILES string of the molecule is C[C@@H]1CN(c2cc(F)c(C3=CCCNC3)cc2-n2cc(C(N)=O)c(C(F)(F)F)cc2=O)C[C@H](C)N1C. The lowest BCUT2D eigenvalue weighted by Gasteiger charge is -2.44. The second-order valence-corrected chi connectivity index (χ2v) is 9.46. The van der Waals surface area contributed by atoms with E-state index in [1.54, 1.807) is 0 Å². The third kappa shape index (κ3) is 4.90. The molecule has 3 heterocycles. The van der Waals surface area contributed by atoms with E-state index in [4.69, 9.17) is 5.73 Å². The van der Waals surface area contributed by atoms with Crippen molar-refractivity contribution in [2.75, 3.05) is 38.1 Å². The first-order chi connectivity index (χ1) is 16.9. The molecule has 2 aliphatic rings. The number of primary amides is 1. The molecule has 2 atom stereocenters. The summed E-state index contributed by atoms with van der Waals surface area (Å²) in [5.74, 6) is -1.82. The van der Waals surface area contributed by atoms with Gasteiger partial charge in [-0.1, -0.05) is 6.08 Å². The van der Waals surface area contributed by atoms with Crippen molar-refractivity contribution in [3.05, 3.63) is 63.3 Å². The Labute approximate surface area is 206 Å². The first-order valence-electron chi connectivity index (χ1n) is 11.7. The van der Waals surface area contributed by atoms with Crippen LogP contribution in [0.2, 0.25) is 0 Å². The quantitative estimate of drug-likeness (QED) is 0.622. The highest BCUT2D eigenvalue weighted by molar-refractivity contribution is 5.94. The fourth-order valence-corrected chi connectivity index (χ4v) is 4.85. The van der Waals surface area contributed by atoms with Crippen LogP contribution in [0.25, 0.3) is 11.3 Å². The standard InChI is InChI=1S/C25H29F4N5O2/c1-14-11-33(12-15(2)32(14)3)21-9-20(26)17(16-5-4-6-31-10-16)7-22(21)34-13-18(24(30)36)19(8-23(34)35)25(27,28)29/h5,7-9,13-15,31H,4,6,10-12H2,1-3H3,(H2,30,36)/t14-,15+. The van der Waals surface area contributed by atoms with E-state index < -0.39 is 34.6 Å². The molecular weight excluding hydrogens is 478 g/mol. The molecule has 1 saturated heterocycles. The fourth-order valence-electron chi connectivity index (χ4n) is 4.85. The van der Waals surface area contributed by atoms with Crippen molar-refractivity contribution < 1.29 is 22.4 Å². The van der Waals surface area contributed by atoms with Gasteiger partial charge in [-0.2, -0.15) is 13.2 Å². The van der Waals surface area contributed by atoms with Gasteiger partial charge in [-0.3, -0.25) is 19.1 Å². The molecule has 194 valence electrons. The van der Waals surface area contributed by atoms with E-state index in [0.717, 1.165) is 17.3 Å². The molecule has 0 spiro atoms. The first-order valence-corrected chi connectivity index (χ1v) is 11.7. The number of nitrogens with two attached hydrogens (primary N) is 1. The Hall–Kier alpha value is -3.18. The molecule has 0 saturated carbocycles. The summed E-state index contributed by atoms with van der Waals surface area (Å²) in [5.41, 5.74) is 3.48. The Morgan fingerprint density at radius 3 is 2.33 bits per heavy atom. The number of anilines is 1. The van der Waals surface area contributed by atoms with Crippen molar-refractivity contribution >= 4 is 17.2 Å². The van der Waals surface area contributed by atoms with Gasteiger partial charge in [-0.15, -0.1) is 0 Å². The van der Waals surface area contributed by atoms with Gasteiger partial charge in [-0.25, -0.2) is 4.39 Å². The Morgan fingerprint density at radius 2 is 1.78 bits per heavy atom. The fraction of sp³-hybridized carbons (Fsp3) is 0.440. The van der Waals surface area contributed by atoms with E-state index in [-0.39, 0.29) is 23.3 Å². The summed E-state index contributed by atoms with van der Waals surface area (Å²) < 4.78 is 57.1. The van der Waals surface area contributed by atoms with Crippen LogP contribution in [0.4, 0.5) is 23.2 Å². The van der Waals surface area contributed by atoms with Gasteiger partial charge >= 0.3 is 6.18 Å². The largest absolute Gasteiger partial charge is 0.417 e. The average Bonchev–Trinajstić information content (AvgIpc) is 2.82. The second kappa shape index (κ2) is 9.70. The van der Waals surface area contributed by atoms with Crippen LogP contribution in [0, 0.1) is 5.82 Å². The molecule has 0 aliphatic carbocycles. The number of rotatable bonds is 4. The summed E-state index contributed by atoms with van der Waals surface area (Å²) >= 11 is 0. The summed E-state index contributed by atoms with van der Waals surface area (Å²) in [5, 5.41) is 3.17. The van der Waals surface area contributed by atoms with Crippen molar-refractivity contribution in [3.63, 3.8) is 0 Å². The van der Waals surface area contributed by atoms with Crippen LogP contribution in [0.15, 0.2) is 35.3 Å². The lowest BCUT2D eigenvalue weighted by atomic mass is 9.98. The van der Waals surface area contributed by atoms with Crippen molar-refractivity contribution in [2.24, 2.45) is 5.73 Å². The maximum atomic E-state index is 15.5. The van der Waals surface area contributed by atoms with E-state index in [1.165, 1.54) is 12.1 Å². The zero-order valence-electron chi connectivity index (χ0n) is 20.3. The molecule has 1 aromatic carbocycles. The van der Waals surface area contributed by atoms with Crippen molar-refractivity contribution in [3.8, 4) is 5.69 Å². The Morgan fingerprint density at radius 1 is 1.11 bits per heavy atom. The minimum Gasteiger partial charge on any atom is -0.367 e. The number of nitrogens with zero attached hydrogens (tertiary/aromatic N) is 3. The molecule has 2 aliphatic heterocycles. The van der Waals surface area contributed by atoms with Gasteiger partial charge in [0.25, 0.3) is 11.5 Å². The lowest BCUT2D eigenvalue weighted by Crippen LogP contribution is -2.55. The first kappa shape index (κ1) is 25.9. The molecule has 36 heavy (non-hydrogen) atoms. The van der Waals surface area contributed by atoms with E-state index in [9.17, 15) is 22.8 Å². The number of piperazine rings is 1. The number of benzene rings is 1. The van der Waals surface area contributed by atoms with E-state index in [0.29, 0.717) is 43.4 Å². The monoisotopic (exact) mass is 507 g/mol. The molecule has 1 amide bonds. The summed E-state index contributed by atoms with van der Waals surface area (Å²) in [7, 11) is 1.99. The highest BCUT2D eigenvalue weighted by Crippen LogP contribution is 2.35. The van der Waals surface area contributed by atoms with Crippen LogP contribution >= 0.6 is 0 Å². The van der Waals surface area contributed by atoms with Crippen molar-refractivity contribution in [2.45, 2.75) is 38.5 Å². The zero-order chi connectivity index (χ0) is 26.4. The minimum atomic E-state index is -4.94. The van der Waals surface area contributed by atoms with E-state index in [1.807, 2.05) is 31.9 Å². The summed E-state index contributed by atoms with van der Waals surface area (Å²) in [4.78, 5) is 29.1. The smallest absolute Gasteiger partial charge is 0.367 e. The molecule has 2 aromatic rings. The normalized spacial score (nSPS) is 21.4. The highest BCUT2D eigenvalue weighted by Gasteiger charge is 2.36. The Bertz CT molecular complexity index is 1260. The van der Waals surface area contributed by atoms with Gasteiger partial charge in [0.15, 0.2) is 0 Å². The Balaban J connectivity index is 1.97. The van der Waals surface area contributed by atoms with Gasteiger partial charge in [0.05, 0.1) is 22.5 Å². The van der Waals surface area contributed by atoms with Crippen LogP contribution in [-0.2, 0) is 6.18 Å². The van der Waals surface area contributed by atoms with Crippen LogP contribution in [0.1, 0.15) is 41.8 Å². The third-order valence-corrected chi connectivity index (χ3v) is 7.02. The molecule has 3 N–H and O–H groups in total. The Kier molecular flexibility index (Phi) is 6.98. The summed E-state index contributed by atoms with van der Waals surface area (Å²) in [6.45, 7) is 6.20. The predicted molar refractivity (Wildman–Crippen MR) is 130 cm³/mol. The number of likely N-dealkylation sites (N-methyl/N-ethyl adjacent to an activating group) is 1. The molecule has 4 rings (SSSR count). The molecule has 0 unspecified atom stereocenters. The molecule has 11 heteroatoms. The molecular formula is C25H29F4N5O2. The molecule has 1 aromatic heterocycles. The number of alkyl halides is 3. The molecule has 0 radical (unpaired) electrons. The molecule has 1 fully saturated rings. The zero-order valence-corrected chi connectivity index (χ0v) is 20.3. The van der Waals surface area contributed by atoms with Gasteiger partial charge in [0.2, 0.25) is 0 Å². The van der Waals surface area contributed by atoms with Gasteiger partial charge in [-0.05, 0) is 51.6 Å². The van der Waals surface area contributed by atoms with Gasteiger partial charge < -0.3 is 16.0 Å². The number of aromatic nitrogens is 1. The predicted octanol–water partition coefficient (Wildman–Crippen LogP) is 3.00. The number of pyridine rings is 1. The summed E-state index contributed by atoms with van der Waals surface area (Å²) in [6, 6.07) is 3.35. The molecule has 0 bridgehead atoms. The average molecular weight is 508 g/mol. The summed E-state index contributed by atoms with van der Waals surface area (Å²) in [6.07, 6.45) is -1.56. The van der Waals surface area contributed by atoms with Crippen molar-refractivity contribution in [1.82, 2.24) is 14.8 Å². The van der Waals surface area contributed by atoms with E-state index >= 15 is 4.39 Å².